The van der Waals surface area contributed by atoms with Crippen LogP contribution in [0.15, 0.2) is 11.6 Å². The van der Waals surface area contributed by atoms with Gasteiger partial charge in [0.25, 0.3) is 0 Å². The van der Waals surface area contributed by atoms with Crippen LogP contribution in [-0.2, 0) is 82.1 Å². The van der Waals surface area contributed by atoms with Crippen LogP contribution in [0.5, 0.6) is 0 Å². The Morgan fingerprint density at radius 1 is 0.629 bits per heavy atom. The number of nitrogens with zero attached hydrogens (tertiary/aromatic N) is 2. The van der Waals surface area contributed by atoms with Gasteiger partial charge >= 0.3 is 21.1 Å². The number of allylic oxidation sites excluding steroid dienone is 1. The number of unbranched alkanes of at least 4 members (excludes halogenated alkanes) is 8. The van der Waals surface area contributed by atoms with Crippen LogP contribution in [0.25, 0.3) is 0 Å². The number of ketones is 1. The zero-order valence-corrected chi connectivity index (χ0v) is 72.8. The SMILES string of the molecule is CC(C)CCC[C@@H](C)[C@H]1CCC2C3CC=C4CC(OC(=O)NCCCCCC(=O)N5C[C@H](O[P+](=O)OCC6C[C@@H](O)CN6C(=O)CCCCCCC(=O)[C@H](CCCCNC(=O)CCCCOC6OC(CO)C(O)C(O)C6C)NC(=O)CCCCOC6OC(CO)C(O)C(O)C6C)CC5COP(O)(=S)OCCO)CC[C@]4(C)C3CC[C@@]21C. The first-order valence-corrected chi connectivity index (χ1v) is 47.6. The molecule has 0 aromatic rings. The summed E-state index contributed by atoms with van der Waals surface area (Å²) in [5, 5.41) is 88.9. The van der Waals surface area contributed by atoms with Crippen LogP contribution in [0.1, 0.15) is 254 Å². The Kier molecular flexibility index (Phi) is 41.1. The molecule has 0 aromatic carbocycles. The smallest absolute Gasteiger partial charge is 0.446 e. The van der Waals surface area contributed by atoms with Crippen molar-refractivity contribution in [1.29, 1.82) is 0 Å². The van der Waals surface area contributed by atoms with Crippen molar-refractivity contribution in [2.24, 2.45) is 58.2 Å². The third-order valence-corrected chi connectivity index (χ3v) is 29.2. The van der Waals surface area contributed by atoms with Gasteiger partial charge in [0, 0.05) is 94.2 Å². The molecule has 12 N–H and O–H groups in total. The number of aliphatic hydroxyl groups excluding tert-OH is 8. The Hall–Kier alpha value is -3.37. The number of alkyl carbamates (subject to hydrolysis) is 1. The van der Waals surface area contributed by atoms with Gasteiger partial charge in [-0.1, -0.05) is 98.6 Å². The molecule has 0 bridgehead atoms. The van der Waals surface area contributed by atoms with E-state index >= 15 is 0 Å². The van der Waals surface area contributed by atoms with Gasteiger partial charge in [0.05, 0.1) is 76.0 Å². The molecule has 666 valence electrons. The molecule has 25 atom stereocenters. The fraction of sp³-hybridized carbons (Fsp3) is 0.904. The molecule has 4 saturated heterocycles. The maximum absolute atomic E-state index is 13.9. The minimum absolute atomic E-state index is 0.0235. The lowest BCUT2D eigenvalue weighted by Crippen LogP contribution is -2.55. The van der Waals surface area contributed by atoms with E-state index in [4.69, 9.17) is 53.6 Å². The quantitative estimate of drug-likeness (QED) is 0.0154. The molecule has 18 unspecified atom stereocenters. The highest BCUT2D eigenvalue weighted by atomic mass is 32.5. The molecule has 5 amide bonds. The average molecular weight is 1710 g/mol. The lowest BCUT2D eigenvalue weighted by Gasteiger charge is -2.58. The topological polar surface area (TPSA) is 427 Å². The molecule has 0 radical (unpaired) electrons. The summed E-state index contributed by atoms with van der Waals surface area (Å²) in [5.74, 6) is 2.32. The molecule has 7 fully saturated rings. The fourth-order valence-corrected chi connectivity index (χ4v) is 21.8. The van der Waals surface area contributed by atoms with E-state index in [9.17, 15) is 79.1 Å². The zero-order chi connectivity index (χ0) is 84.3. The van der Waals surface area contributed by atoms with E-state index in [1.807, 2.05) is 0 Å². The van der Waals surface area contributed by atoms with Crippen LogP contribution in [-0.4, -0.2) is 256 Å². The minimum Gasteiger partial charge on any atom is -0.446 e. The molecule has 30 nitrogen and oxygen atoms in total. The number of β-amino-alcohol motifs (C(OH)–C–C–N with tert-alkyl or cyclic N) is 1. The van der Waals surface area contributed by atoms with Crippen LogP contribution < -0.4 is 16.0 Å². The molecular weight excluding hydrogens is 1560 g/mol. The summed E-state index contributed by atoms with van der Waals surface area (Å²) < 4.78 is 64.8. The summed E-state index contributed by atoms with van der Waals surface area (Å²) >= 11 is 5.14. The maximum Gasteiger partial charge on any atom is 0.697 e. The van der Waals surface area contributed by atoms with Gasteiger partial charge in [0.15, 0.2) is 18.4 Å². The van der Waals surface area contributed by atoms with Crippen LogP contribution in [0.2, 0.25) is 0 Å². The molecule has 3 saturated carbocycles. The number of rotatable bonds is 51. The largest absolute Gasteiger partial charge is 0.697 e. The second-order valence-electron chi connectivity index (χ2n) is 35.5. The van der Waals surface area contributed by atoms with Crippen molar-refractivity contribution in [2.45, 2.75) is 340 Å². The third kappa shape index (κ3) is 28.9. The average Bonchev–Trinajstić information content (AvgIpc) is 1.42. The minimum atomic E-state index is -3.79. The number of likely N-dealkylation sites (tertiary alicyclic amines) is 2. The second-order valence-corrected chi connectivity index (χ2v) is 39.3. The molecule has 33 heteroatoms. The van der Waals surface area contributed by atoms with Gasteiger partial charge in [-0.15, -0.1) is 9.05 Å². The van der Waals surface area contributed by atoms with Gasteiger partial charge in [-0.3, -0.25) is 24.0 Å². The monoisotopic (exact) mass is 1700 g/mol. The molecule has 8 rings (SSSR count). The van der Waals surface area contributed by atoms with E-state index in [1.165, 1.54) is 55.4 Å². The van der Waals surface area contributed by atoms with E-state index in [1.54, 1.807) is 18.7 Å². The number of carbonyl (C=O) groups is 6. The number of hydrogen-bond acceptors (Lipinski definition) is 25. The molecule has 8 aliphatic rings. The van der Waals surface area contributed by atoms with Crippen molar-refractivity contribution in [2.75, 3.05) is 79.0 Å². The molecule has 4 aliphatic carbocycles. The van der Waals surface area contributed by atoms with Crippen LogP contribution in [0.3, 0.4) is 0 Å². The van der Waals surface area contributed by atoms with Gasteiger partial charge in [-0.25, -0.2) is 4.79 Å². The summed E-state index contributed by atoms with van der Waals surface area (Å²) in [4.78, 5) is 94.4. The summed E-state index contributed by atoms with van der Waals surface area (Å²) in [5.41, 5.74) is 2.05. The van der Waals surface area contributed by atoms with E-state index in [-0.39, 0.29) is 132 Å². The zero-order valence-electron chi connectivity index (χ0n) is 70.1. The maximum atomic E-state index is 13.9. The lowest BCUT2D eigenvalue weighted by molar-refractivity contribution is -0.282. The second kappa shape index (κ2) is 48.6. The predicted molar refractivity (Wildman–Crippen MR) is 435 cm³/mol. The fourth-order valence-electron chi connectivity index (χ4n) is 19.9. The Morgan fingerprint density at radius 3 is 1.86 bits per heavy atom. The number of carbonyl (C=O) groups excluding carboxylic acids is 6. The highest BCUT2D eigenvalue weighted by Crippen LogP contribution is 2.67. The van der Waals surface area contributed by atoms with Gasteiger partial charge in [-0.05, 0) is 180 Å². The first-order valence-electron chi connectivity index (χ1n) is 43.9. The Morgan fingerprint density at radius 2 is 1.22 bits per heavy atom. The highest BCUT2D eigenvalue weighted by Gasteiger charge is 2.60. The number of aliphatic hydroxyl groups is 8. The van der Waals surface area contributed by atoms with Crippen molar-refractivity contribution in [3.63, 3.8) is 0 Å². The van der Waals surface area contributed by atoms with E-state index < -0.39 is 132 Å². The van der Waals surface area contributed by atoms with Crippen molar-refractivity contribution in [1.82, 2.24) is 25.8 Å². The molecule has 116 heavy (non-hydrogen) atoms. The van der Waals surface area contributed by atoms with Crippen molar-refractivity contribution in [3.8, 4) is 0 Å². The number of Topliss-reactive ketones (excluding diaryl/α,β-unsaturated/α-hetero) is 1. The molecule has 4 heterocycles. The number of amides is 5. The number of hydrogen-bond donors (Lipinski definition) is 12. The molecular formula is C83H144N5O25P2S+. The summed E-state index contributed by atoms with van der Waals surface area (Å²) in [6, 6.07) is -2.06. The standard InChI is InChI=1S/C83H143N5O25P2S/c1-53(2)22-21-23-54(3)64-32-33-65-63-31-30-57-44-61(34-36-82(57,6)66(63)35-37-83(64,65)7)110-81(102)85-39-17-10-13-29-74(97)88-48-62(46-59(88)52-109-115(104,116)108-43-40-89)113-114(103)107-51-58-45-60(92)47-87(58)73(96)28-12-9-8-11-25-68(93)67(86-72(95)27-16-20-42-106-80-56(5)76(99)78(101)70(50-91)112-80)24-14-18-38-84-71(94)26-15-19-41-105-79-55(4)75(98)77(100)69(49-90)111-79/h30,53-56,58-67,69-70,75-80,89-92,98-101H,8-29,31-52H2,1-7H3,(H3-,84,85,86,94,95,102,104,116)/p+1/t54-,55?,56?,58?,59?,60-,61?,62-,63?,64-,65?,66?,67+,69?,70?,75?,76?,77?,78?,79?,80?,82+,83-,115?/m1/s1. The first kappa shape index (κ1) is 98.1. The molecule has 4 aliphatic heterocycles. The van der Waals surface area contributed by atoms with E-state index in [2.05, 4.69) is 56.6 Å². The highest BCUT2D eigenvalue weighted by molar-refractivity contribution is 8.07. The number of nitrogens with one attached hydrogen (secondary N) is 3. The molecule has 0 spiro atoms. The van der Waals surface area contributed by atoms with Gasteiger partial charge < -0.3 is 104 Å². The summed E-state index contributed by atoms with van der Waals surface area (Å²) in [7, 11) is -2.79. The molecule has 0 aromatic heterocycles. The van der Waals surface area contributed by atoms with Gasteiger partial charge in [0.2, 0.25) is 23.6 Å². The number of fused-ring (bicyclic) bond motifs is 5. The normalized spacial score (nSPS) is 33.0. The Labute approximate surface area is 693 Å². The summed E-state index contributed by atoms with van der Waals surface area (Å²) in [6.07, 6.45) is 13.3. The van der Waals surface area contributed by atoms with Gasteiger partial charge in [0.1, 0.15) is 43.2 Å². The van der Waals surface area contributed by atoms with E-state index in [0.717, 1.165) is 55.3 Å². The predicted octanol–water partition coefficient (Wildman–Crippen LogP) is 8.75. The lowest BCUT2D eigenvalue weighted by atomic mass is 9.47. The van der Waals surface area contributed by atoms with Crippen LogP contribution in [0.4, 0.5) is 4.79 Å². The first-order chi connectivity index (χ1) is 55.4. The van der Waals surface area contributed by atoms with Crippen molar-refractivity contribution >= 4 is 62.3 Å². The third-order valence-electron chi connectivity index (χ3n) is 26.7. The van der Waals surface area contributed by atoms with Crippen molar-refractivity contribution in [3.05, 3.63) is 11.6 Å². The Bertz CT molecular complexity index is 3150. The van der Waals surface area contributed by atoms with Gasteiger partial charge in [-0.2, -0.15) is 0 Å². The van der Waals surface area contributed by atoms with Crippen LogP contribution >= 0.6 is 15.0 Å². The number of ether oxygens (including phenoxy) is 5. The summed E-state index contributed by atoms with van der Waals surface area (Å²) in [6.45, 7) is 11.0. The Balaban J connectivity index is 0.718. The van der Waals surface area contributed by atoms with E-state index in [0.29, 0.717) is 114 Å². The van der Waals surface area contributed by atoms with Crippen LogP contribution in [0, 0.1) is 58.2 Å². The van der Waals surface area contributed by atoms with Crippen molar-refractivity contribution < 1.29 is 121 Å².